The average Bonchev–Trinajstić information content (AvgIpc) is 2.42. The summed E-state index contributed by atoms with van der Waals surface area (Å²) in [5.41, 5.74) is 1.18. The maximum absolute atomic E-state index is 5.45. The summed E-state index contributed by atoms with van der Waals surface area (Å²) >= 11 is 0. The monoisotopic (exact) mass is 300 g/mol. The van der Waals surface area contributed by atoms with Crippen LogP contribution in [0.15, 0.2) is 18.2 Å². The van der Waals surface area contributed by atoms with Crippen LogP contribution in [-0.2, 0) is 6.54 Å². The normalized spacial score (nSPS) is 23.0. The Bertz CT molecular complexity index is 428. The Labute approximate surface area is 127 Å². The van der Waals surface area contributed by atoms with Crippen LogP contribution in [0.1, 0.15) is 19.4 Å². The van der Waals surface area contributed by atoms with Gasteiger partial charge >= 0.3 is 0 Å². The van der Waals surface area contributed by atoms with Gasteiger partial charge in [-0.25, -0.2) is 0 Å². The van der Waals surface area contributed by atoms with Crippen molar-refractivity contribution in [3.63, 3.8) is 0 Å². The zero-order valence-corrected chi connectivity index (χ0v) is 13.5. The van der Waals surface area contributed by atoms with Crippen molar-refractivity contribution in [1.82, 2.24) is 10.2 Å². The lowest BCUT2D eigenvalue weighted by molar-refractivity contribution is 0.137. The number of methoxy groups -OCH3 is 2. The van der Waals surface area contributed by atoms with E-state index in [1.807, 2.05) is 12.1 Å². The molecule has 20 heavy (non-hydrogen) atoms. The Balaban J connectivity index is 0.00000200. The summed E-state index contributed by atoms with van der Waals surface area (Å²) in [6.45, 7) is 7.47. The Morgan fingerprint density at radius 3 is 2.65 bits per heavy atom. The minimum Gasteiger partial charge on any atom is -0.497 e. The number of benzene rings is 1. The predicted molar refractivity (Wildman–Crippen MR) is 84.1 cm³/mol. The number of ether oxygens (including phenoxy) is 2. The Hall–Kier alpha value is -0.970. The molecule has 0 saturated carbocycles. The number of hydrogen-bond donors (Lipinski definition) is 1. The first-order chi connectivity index (χ1) is 9.13. The van der Waals surface area contributed by atoms with Gasteiger partial charge in [0.15, 0.2) is 0 Å². The van der Waals surface area contributed by atoms with Gasteiger partial charge in [-0.05, 0) is 32.0 Å². The first kappa shape index (κ1) is 17.1. The molecule has 2 atom stereocenters. The fourth-order valence-corrected chi connectivity index (χ4v) is 2.54. The summed E-state index contributed by atoms with van der Waals surface area (Å²) in [6.07, 6.45) is 0. The highest BCUT2D eigenvalue weighted by molar-refractivity contribution is 5.85. The third-order valence-corrected chi connectivity index (χ3v) is 3.75. The van der Waals surface area contributed by atoms with Gasteiger partial charge in [0.05, 0.1) is 14.2 Å². The SMILES string of the molecule is COc1ccc(OC)c(CN2CC(C)NCC2C)c1.Cl. The van der Waals surface area contributed by atoms with Gasteiger partial charge in [-0.3, -0.25) is 4.90 Å². The quantitative estimate of drug-likeness (QED) is 0.925. The van der Waals surface area contributed by atoms with Gasteiger partial charge in [0.1, 0.15) is 11.5 Å². The lowest BCUT2D eigenvalue weighted by atomic mass is 10.1. The fraction of sp³-hybridized carbons (Fsp3) is 0.600. The summed E-state index contributed by atoms with van der Waals surface area (Å²) < 4.78 is 10.8. The molecular formula is C15H25ClN2O2. The first-order valence-electron chi connectivity index (χ1n) is 6.82. The summed E-state index contributed by atoms with van der Waals surface area (Å²) in [5.74, 6) is 1.81. The molecule has 5 heteroatoms. The van der Waals surface area contributed by atoms with Crippen molar-refractivity contribution < 1.29 is 9.47 Å². The Morgan fingerprint density at radius 2 is 2.00 bits per heavy atom. The van der Waals surface area contributed by atoms with Gasteiger partial charge in [0.2, 0.25) is 0 Å². The maximum atomic E-state index is 5.45. The molecule has 0 radical (unpaired) electrons. The van der Waals surface area contributed by atoms with E-state index in [-0.39, 0.29) is 12.4 Å². The maximum Gasteiger partial charge on any atom is 0.123 e. The van der Waals surface area contributed by atoms with Gasteiger partial charge in [-0.1, -0.05) is 0 Å². The molecule has 2 rings (SSSR count). The van der Waals surface area contributed by atoms with Crippen LogP contribution in [0, 0.1) is 0 Å². The van der Waals surface area contributed by atoms with Crippen LogP contribution in [0.5, 0.6) is 11.5 Å². The van der Waals surface area contributed by atoms with Crippen molar-refractivity contribution in [2.45, 2.75) is 32.5 Å². The second kappa shape index (κ2) is 7.72. The van der Waals surface area contributed by atoms with Gasteiger partial charge < -0.3 is 14.8 Å². The molecule has 1 aliphatic rings. The van der Waals surface area contributed by atoms with E-state index in [2.05, 4.69) is 30.1 Å². The Kier molecular flexibility index (Phi) is 6.59. The molecule has 0 amide bonds. The second-order valence-electron chi connectivity index (χ2n) is 5.27. The second-order valence-corrected chi connectivity index (χ2v) is 5.27. The van der Waals surface area contributed by atoms with E-state index in [1.165, 1.54) is 5.56 Å². The van der Waals surface area contributed by atoms with Crippen LogP contribution in [0.2, 0.25) is 0 Å². The smallest absolute Gasteiger partial charge is 0.123 e. The minimum atomic E-state index is 0. The summed E-state index contributed by atoms with van der Waals surface area (Å²) in [4.78, 5) is 2.48. The van der Waals surface area contributed by atoms with Crippen LogP contribution in [0.3, 0.4) is 0 Å². The molecule has 0 aromatic heterocycles. The molecule has 114 valence electrons. The van der Waals surface area contributed by atoms with E-state index in [0.717, 1.165) is 31.1 Å². The van der Waals surface area contributed by atoms with Gasteiger partial charge in [-0.15, -0.1) is 12.4 Å². The number of piperazine rings is 1. The zero-order chi connectivity index (χ0) is 13.8. The van der Waals surface area contributed by atoms with Crippen molar-refractivity contribution in [2.24, 2.45) is 0 Å². The molecule has 1 aliphatic heterocycles. The number of halogens is 1. The molecule has 0 bridgehead atoms. The van der Waals surface area contributed by atoms with Crippen molar-refractivity contribution in [3.8, 4) is 11.5 Å². The molecule has 1 heterocycles. The van der Waals surface area contributed by atoms with E-state index in [0.29, 0.717) is 12.1 Å². The zero-order valence-electron chi connectivity index (χ0n) is 12.7. The van der Waals surface area contributed by atoms with Gasteiger partial charge in [-0.2, -0.15) is 0 Å². The van der Waals surface area contributed by atoms with Gasteiger partial charge in [0, 0.05) is 37.3 Å². The van der Waals surface area contributed by atoms with Crippen molar-refractivity contribution in [3.05, 3.63) is 23.8 Å². The topological polar surface area (TPSA) is 33.7 Å². The number of nitrogens with zero attached hydrogens (tertiary/aromatic N) is 1. The predicted octanol–water partition coefficient (Wildman–Crippen LogP) is 2.31. The Morgan fingerprint density at radius 1 is 1.25 bits per heavy atom. The van der Waals surface area contributed by atoms with E-state index in [9.17, 15) is 0 Å². The van der Waals surface area contributed by atoms with Crippen LogP contribution >= 0.6 is 12.4 Å². The lowest BCUT2D eigenvalue weighted by Gasteiger charge is -2.37. The molecule has 0 spiro atoms. The van der Waals surface area contributed by atoms with Crippen LogP contribution in [0.4, 0.5) is 0 Å². The van der Waals surface area contributed by atoms with Crippen LogP contribution in [-0.4, -0.2) is 44.3 Å². The summed E-state index contributed by atoms with van der Waals surface area (Å²) in [7, 11) is 3.41. The van der Waals surface area contributed by atoms with Crippen LogP contribution < -0.4 is 14.8 Å². The summed E-state index contributed by atoms with van der Waals surface area (Å²) in [6, 6.07) is 7.05. The van der Waals surface area contributed by atoms with Crippen molar-refractivity contribution >= 4 is 12.4 Å². The number of rotatable bonds is 4. The molecule has 1 fully saturated rings. The van der Waals surface area contributed by atoms with E-state index in [4.69, 9.17) is 9.47 Å². The molecule has 2 unspecified atom stereocenters. The lowest BCUT2D eigenvalue weighted by Crippen LogP contribution is -2.53. The first-order valence-corrected chi connectivity index (χ1v) is 6.82. The fourth-order valence-electron chi connectivity index (χ4n) is 2.54. The molecule has 1 N–H and O–H groups in total. The number of nitrogens with one attached hydrogen (secondary N) is 1. The number of hydrogen-bond acceptors (Lipinski definition) is 4. The molecule has 0 aliphatic carbocycles. The van der Waals surface area contributed by atoms with E-state index in [1.54, 1.807) is 14.2 Å². The minimum absolute atomic E-state index is 0. The van der Waals surface area contributed by atoms with Crippen molar-refractivity contribution in [2.75, 3.05) is 27.3 Å². The van der Waals surface area contributed by atoms with E-state index < -0.39 is 0 Å². The van der Waals surface area contributed by atoms with E-state index >= 15 is 0 Å². The highest BCUT2D eigenvalue weighted by Crippen LogP contribution is 2.26. The molecule has 4 nitrogen and oxygen atoms in total. The molecule has 1 aromatic carbocycles. The molecular weight excluding hydrogens is 276 g/mol. The third kappa shape index (κ3) is 4.01. The van der Waals surface area contributed by atoms with Crippen molar-refractivity contribution in [1.29, 1.82) is 0 Å². The summed E-state index contributed by atoms with van der Waals surface area (Å²) in [5, 5.41) is 3.50. The highest BCUT2D eigenvalue weighted by Gasteiger charge is 2.23. The highest BCUT2D eigenvalue weighted by atomic mass is 35.5. The van der Waals surface area contributed by atoms with Gasteiger partial charge in [0.25, 0.3) is 0 Å². The average molecular weight is 301 g/mol. The molecule has 1 saturated heterocycles. The standard InChI is InChI=1S/C15H24N2O2.ClH/c1-11-9-17(12(2)8-16-11)10-13-7-14(18-3)5-6-15(13)19-4;/h5-7,11-12,16H,8-10H2,1-4H3;1H. The van der Waals surface area contributed by atoms with Crippen LogP contribution in [0.25, 0.3) is 0 Å². The third-order valence-electron chi connectivity index (χ3n) is 3.75. The molecule has 1 aromatic rings. The largest absolute Gasteiger partial charge is 0.497 e.